The van der Waals surface area contributed by atoms with Crippen LogP contribution in [0.3, 0.4) is 0 Å². The minimum atomic E-state index is -0.655. The molecule has 12 heavy (non-hydrogen) atoms. The van der Waals surface area contributed by atoms with E-state index < -0.39 is 6.61 Å². The molecule has 71 valence electrons. The van der Waals surface area contributed by atoms with Gasteiger partial charge in [0.1, 0.15) is 0 Å². The Hall–Kier alpha value is -0.570. The van der Waals surface area contributed by atoms with Gasteiger partial charge in [0.25, 0.3) is 0 Å². The first-order chi connectivity index (χ1) is 5.70. The number of hydrogen-bond acceptors (Lipinski definition) is 1. The number of carbonyl (C=O) groups is 1. The topological polar surface area (TPSA) is 49.0 Å². The summed E-state index contributed by atoms with van der Waals surface area (Å²) < 4.78 is 0. The largest absolute Gasteiger partial charge is 0.352 e. The van der Waals surface area contributed by atoms with E-state index in [1.807, 2.05) is 6.92 Å². The average Bonchev–Trinajstić information content (AvgIpc) is 2.05. The highest BCUT2D eigenvalue weighted by atomic mass is 16.3. The first-order valence-electron chi connectivity index (χ1n) is 4.58. The molecule has 0 bridgehead atoms. The molecular weight excluding hydrogens is 154 g/mol. The lowest BCUT2D eigenvalue weighted by Gasteiger charge is -2.11. The second kappa shape index (κ2) is 7.10. The number of rotatable bonds is 6. The Balaban J connectivity index is 3.32. The van der Waals surface area contributed by atoms with Crippen LogP contribution in [0.15, 0.2) is 0 Å². The van der Waals surface area contributed by atoms with Gasteiger partial charge >= 0.3 is 0 Å². The van der Waals surface area contributed by atoms with Crippen molar-refractivity contribution >= 4 is 5.91 Å². The van der Waals surface area contributed by atoms with Gasteiger partial charge in [0.15, 0.2) is 6.61 Å². The van der Waals surface area contributed by atoms with Crippen LogP contribution in [0, 0.1) is 0 Å². The van der Waals surface area contributed by atoms with Crippen LogP contribution in [-0.2, 0) is 9.90 Å². The van der Waals surface area contributed by atoms with E-state index in [0.717, 1.165) is 12.8 Å². The molecule has 0 aliphatic heterocycles. The van der Waals surface area contributed by atoms with Crippen LogP contribution in [0.5, 0.6) is 0 Å². The smallest absolute Gasteiger partial charge is 0.249 e. The molecule has 1 N–H and O–H groups in total. The summed E-state index contributed by atoms with van der Waals surface area (Å²) in [6.07, 6.45) is 4.47. The zero-order valence-corrected chi connectivity index (χ0v) is 7.93. The Morgan fingerprint density at radius 2 is 2.08 bits per heavy atom. The molecular formula is C9H18NO2. The summed E-state index contributed by atoms with van der Waals surface area (Å²) in [4.78, 5) is 10.6. The van der Waals surface area contributed by atoms with Gasteiger partial charge < -0.3 is 5.32 Å². The molecule has 0 saturated heterocycles. The molecule has 1 atom stereocenters. The van der Waals surface area contributed by atoms with Crippen molar-refractivity contribution in [3.8, 4) is 0 Å². The number of amides is 1. The highest BCUT2D eigenvalue weighted by molar-refractivity contribution is 5.77. The van der Waals surface area contributed by atoms with Crippen LogP contribution in [0.2, 0.25) is 0 Å². The summed E-state index contributed by atoms with van der Waals surface area (Å²) in [6, 6.07) is 0.151. The van der Waals surface area contributed by atoms with Crippen molar-refractivity contribution in [2.75, 3.05) is 6.61 Å². The molecule has 0 heterocycles. The summed E-state index contributed by atoms with van der Waals surface area (Å²) in [7, 11) is 0. The maximum atomic E-state index is 10.6. The molecule has 3 heteroatoms. The molecule has 0 fully saturated rings. The molecule has 1 unspecified atom stereocenters. The third-order valence-electron chi connectivity index (χ3n) is 1.78. The number of unbranched alkanes of at least 4 members (excludes halogenated alkanes) is 2. The van der Waals surface area contributed by atoms with Crippen LogP contribution in [-0.4, -0.2) is 18.6 Å². The maximum absolute atomic E-state index is 10.6. The standard InChI is InChI=1S/C9H18NO2/c1-3-4-5-6-8(2)10-9(12)7-11/h8H,3-7H2,1-2H3,(H,10,12). The number of carbonyl (C=O) groups excluding carboxylic acids is 1. The van der Waals surface area contributed by atoms with Crippen molar-refractivity contribution in [2.24, 2.45) is 0 Å². The van der Waals surface area contributed by atoms with Gasteiger partial charge in [-0.05, 0) is 13.3 Å². The molecule has 0 saturated carbocycles. The molecule has 0 spiro atoms. The van der Waals surface area contributed by atoms with Crippen LogP contribution in [0.25, 0.3) is 0 Å². The third kappa shape index (κ3) is 6.16. The zero-order chi connectivity index (χ0) is 9.40. The SMILES string of the molecule is CCCCCC(C)NC(=O)C[O]. The Kier molecular flexibility index (Phi) is 6.76. The summed E-state index contributed by atoms with van der Waals surface area (Å²) in [5, 5.41) is 12.7. The van der Waals surface area contributed by atoms with Crippen molar-refractivity contribution in [3.05, 3.63) is 0 Å². The van der Waals surface area contributed by atoms with E-state index in [9.17, 15) is 9.90 Å². The Labute approximate surface area is 74.2 Å². The van der Waals surface area contributed by atoms with Crippen LogP contribution >= 0.6 is 0 Å². The van der Waals surface area contributed by atoms with E-state index in [2.05, 4.69) is 12.2 Å². The normalized spacial score (nSPS) is 12.6. The fourth-order valence-electron chi connectivity index (χ4n) is 1.09. The predicted octanol–water partition coefficient (Wildman–Crippen LogP) is 1.50. The third-order valence-corrected chi connectivity index (χ3v) is 1.78. The predicted molar refractivity (Wildman–Crippen MR) is 47.3 cm³/mol. The summed E-state index contributed by atoms with van der Waals surface area (Å²) in [5.41, 5.74) is 0. The zero-order valence-electron chi connectivity index (χ0n) is 7.93. The fraction of sp³-hybridized carbons (Fsp3) is 0.889. The highest BCUT2D eigenvalue weighted by Crippen LogP contribution is 2.02. The first kappa shape index (κ1) is 11.4. The Bertz CT molecular complexity index is 126. The Morgan fingerprint density at radius 3 is 2.58 bits per heavy atom. The lowest BCUT2D eigenvalue weighted by atomic mass is 10.1. The molecule has 1 amide bonds. The fourth-order valence-corrected chi connectivity index (χ4v) is 1.09. The quantitative estimate of drug-likeness (QED) is 0.606. The molecule has 0 aromatic heterocycles. The number of nitrogens with one attached hydrogen (secondary N) is 1. The van der Waals surface area contributed by atoms with Crippen molar-refractivity contribution in [2.45, 2.75) is 45.6 Å². The monoisotopic (exact) mass is 172 g/mol. The van der Waals surface area contributed by atoms with Crippen molar-refractivity contribution in [3.63, 3.8) is 0 Å². The van der Waals surface area contributed by atoms with Gasteiger partial charge in [-0.15, -0.1) is 0 Å². The molecule has 0 rings (SSSR count). The summed E-state index contributed by atoms with van der Waals surface area (Å²) in [5.74, 6) is -0.390. The molecule has 0 aromatic rings. The first-order valence-corrected chi connectivity index (χ1v) is 4.58. The summed E-state index contributed by atoms with van der Waals surface area (Å²) >= 11 is 0. The van der Waals surface area contributed by atoms with Gasteiger partial charge in [-0.3, -0.25) is 4.79 Å². The van der Waals surface area contributed by atoms with E-state index in [1.54, 1.807) is 0 Å². The molecule has 0 aliphatic carbocycles. The molecule has 1 radical (unpaired) electrons. The minimum absolute atomic E-state index is 0.151. The average molecular weight is 172 g/mol. The Morgan fingerprint density at radius 1 is 1.42 bits per heavy atom. The lowest BCUT2D eigenvalue weighted by Crippen LogP contribution is -2.34. The number of hydrogen-bond donors (Lipinski definition) is 1. The second-order valence-corrected chi connectivity index (χ2v) is 3.11. The van der Waals surface area contributed by atoms with Gasteiger partial charge in [0, 0.05) is 6.04 Å². The van der Waals surface area contributed by atoms with Crippen molar-refractivity contribution in [1.82, 2.24) is 5.32 Å². The molecule has 3 nitrogen and oxygen atoms in total. The van der Waals surface area contributed by atoms with Crippen LogP contribution < -0.4 is 5.32 Å². The van der Waals surface area contributed by atoms with E-state index in [0.29, 0.717) is 0 Å². The summed E-state index contributed by atoms with van der Waals surface area (Å²) in [6.45, 7) is 3.42. The van der Waals surface area contributed by atoms with E-state index in [1.165, 1.54) is 12.8 Å². The maximum Gasteiger partial charge on any atom is 0.249 e. The molecule has 0 aromatic carbocycles. The van der Waals surface area contributed by atoms with Crippen molar-refractivity contribution < 1.29 is 9.90 Å². The molecule has 0 aliphatic rings. The minimum Gasteiger partial charge on any atom is -0.352 e. The van der Waals surface area contributed by atoms with Gasteiger partial charge in [0.2, 0.25) is 5.91 Å². The van der Waals surface area contributed by atoms with Crippen LogP contribution in [0.1, 0.15) is 39.5 Å². The van der Waals surface area contributed by atoms with Gasteiger partial charge in [-0.25, -0.2) is 5.11 Å². The van der Waals surface area contributed by atoms with E-state index in [4.69, 9.17) is 0 Å². The van der Waals surface area contributed by atoms with E-state index in [-0.39, 0.29) is 11.9 Å². The second-order valence-electron chi connectivity index (χ2n) is 3.11. The van der Waals surface area contributed by atoms with Gasteiger partial charge in [-0.2, -0.15) is 0 Å². The highest BCUT2D eigenvalue weighted by Gasteiger charge is 2.05. The van der Waals surface area contributed by atoms with Crippen LogP contribution in [0.4, 0.5) is 0 Å². The van der Waals surface area contributed by atoms with Gasteiger partial charge in [0.05, 0.1) is 0 Å². The van der Waals surface area contributed by atoms with E-state index >= 15 is 0 Å². The van der Waals surface area contributed by atoms with Crippen molar-refractivity contribution in [1.29, 1.82) is 0 Å². The van der Waals surface area contributed by atoms with Gasteiger partial charge in [-0.1, -0.05) is 26.2 Å². The lowest BCUT2D eigenvalue weighted by molar-refractivity contribution is -0.126.